The maximum Gasteiger partial charge on any atom is 0.181 e. The van der Waals surface area contributed by atoms with E-state index >= 15 is 0 Å². The van der Waals surface area contributed by atoms with Crippen molar-refractivity contribution in [1.82, 2.24) is 4.98 Å². The van der Waals surface area contributed by atoms with Crippen LogP contribution in [0.5, 0.6) is 0 Å². The van der Waals surface area contributed by atoms with Crippen LogP contribution in [0, 0.1) is 5.82 Å². The number of nitrogens with zero attached hydrogens (tertiary/aromatic N) is 1. The van der Waals surface area contributed by atoms with Crippen molar-refractivity contribution in [2.45, 2.75) is 26.7 Å². The number of pyridine rings is 1. The molecule has 1 heterocycles. The molecule has 0 saturated carbocycles. The molecule has 0 saturated heterocycles. The molecule has 0 atom stereocenters. The third-order valence-corrected chi connectivity index (χ3v) is 1.87. The van der Waals surface area contributed by atoms with Crippen LogP contribution in [0.2, 0.25) is 0 Å². The van der Waals surface area contributed by atoms with Crippen LogP contribution in [0.3, 0.4) is 0 Å². The molecule has 0 fully saturated rings. The highest BCUT2D eigenvalue weighted by molar-refractivity contribution is 5.92. The quantitative estimate of drug-likeness (QED) is 0.656. The van der Waals surface area contributed by atoms with E-state index in [-0.39, 0.29) is 17.4 Å². The second kappa shape index (κ2) is 3.64. The van der Waals surface area contributed by atoms with Crippen molar-refractivity contribution in [3.8, 4) is 0 Å². The number of ketones is 1. The van der Waals surface area contributed by atoms with E-state index in [2.05, 4.69) is 4.98 Å². The molecule has 0 N–H and O–H groups in total. The van der Waals surface area contributed by atoms with Crippen LogP contribution < -0.4 is 0 Å². The zero-order valence-corrected chi connectivity index (χ0v) is 7.97. The van der Waals surface area contributed by atoms with Gasteiger partial charge in [-0.05, 0) is 17.5 Å². The first kappa shape index (κ1) is 9.84. The predicted octanol–water partition coefficient (Wildman–Crippen LogP) is 2.55. The first-order valence-corrected chi connectivity index (χ1v) is 4.19. The van der Waals surface area contributed by atoms with Gasteiger partial charge in [0, 0.05) is 13.1 Å². The molecule has 0 amide bonds. The topological polar surface area (TPSA) is 30.0 Å². The molecule has 70 valence electrons. The highest BCUT2D eigenvalue weighted by Crippen LogP contribution is 2.19. The van der Waals surface area contributed by atoms with Crippen LogP contribution in [-0.2, 0) is 0 Å². The molecule has 3 heteroatoms. The molecule has 13 heavy (non-hydrogen) atoms. The van der Waals surface area contributed by atoms with Gasteiger partial charge in [-0.3, -0.25) is 9.78 Å². The summed E-state index contributed by atoms with van der Waals surface area (Å²) in [6.07, 6.45) is 1.47. The summed E-state index contributed by atoms with van der Waals surface area (Å²) < 4.78 is 13.5. The highest BCUT2D eigenvalue weighted by atomic mass is 19.1. The van der Waals surface area contributed by atoms with Crippen molar-refractivity contribution in [3.63, 3.8) is 0 Å². The number of rotatable bonds is 2. The van der Waals surface area contributed by atoms with E-state index in [1.54, 1.807) is 6.07 Å². The van der Waals surface area contributed by atoms with E-state index in [1.807, 2.05) is 13.8 Å². The Labute approximate surface area is 76.8 Å². The van der Waals surface area contributed by atoms with Crippen molar-refractivity contribution in [3.05, 3.63) is 29.3 Å². The summed E-state index contributed by atoms with van der Waals surface area (Å²) in [5, 5.41) is 0. The molecular formula is C10H12FNO. The van der Waals surface area contributed by atoms with Crippen LogP contribution in [0.1, 0.15) is 42.7 Å². The number of carbonyl (C=O) groups is 1. The second-order valence-electron chi connectivity index (χ2n) is 3.27. The predicted molar refractivity (Wildman–Crippen MR) is 48.3 cm³/mol. The van der Waals surface area contributed by atoms with E-state index in [9.17, 15) is 9.18 Å². The van der Waals surface area contributed by atoms with E-state index in [1.165, 1.54) is 13.1 Å². The van der Waals surface area contributed by atoms with Gasteiger partial charge in [-0.1, -0.05) is 13.8 Å². The van der Waals surface area contributed by atoms with Gasteiger partial charge in [0.15, 0.2) is 11.6 Å². The summed E-state index contributed by atoms with van der Waals surface area (Å²) in [7, 11) is 0. The minimum absolute atomic E-state index is 0.0637. The van der Waals surface area contributed by atoms with E-state index in [0.29, 0.717) is 5.56 Å². The lowest BCUT2D eigenvalue weighted by molar-refractivity contribution is 0.100. The standard InChI is InChI=1S/C10H12FNO/c1-6(2)8-4-5-12-10(7(3)13)9(8)11/h4-6H,1-3H3. The molecule has 0 aliphatic rings. The number of hydrogen-bond donors (Lipinski definition) is 0. The van der Waals surface area contributed by atoms with E-state index < -0.39 is 5.82 Å². The van der Waals surface area contributed by atoms with Crippen molar-refractivity contribution >= 4 is 5.78 Å². The number of aromatic nitrogens is 1. The lowest BCUT2D eigenvalue weighted by Crippen LogP contribution is -2.05. The van der Waals surface area contributed by atoms with Crippen LogP contribution in [-0.4, -0.2) is 10.8 Å². The van der Waals surface area contributed by atoms with Crippen LogP contribution >= 0.6 is 0 Å². The van der Waals surface area contributed by atoms with Crippen molar-refractivity contribution in [2.75, 3.05) is 0 Å². The van der Waals surface area contributed by atoms with Crippen LogP contribution in [0.25, 0.3) is 0 Å². The molecule has 0 spiro atoms. The second-order valence-corrected chi connectivity index (χ2v) is 3.27. The molecular weight excluding hydrogens is 169 g/mol. The molecule has 0 unspecified atom stereocenters. The van der Waals surface area contributed by atoms with Gasteiger partial charge in [-0.2, -0.15) is 0 Å². The van der Waals surface area contributed by atoms with Crippen molar-refractivity contribution in [2.24, 2.45) is 0 Å². The van der Waals surface area contributed by atoms with Crippen molar-refractivity contribution in [1.29, 1.82) is 0 Å². The molecule has 1 aromatic heterocycles. The van der Waals surface area contributed by atoms with Gasteiger partial charge in [0.05, 0.1) is 0 Å². The Kier molecular flexibility index (Phi) is 2.76. The Bertz CT molecular complexity index is 334. The monoisotopic (exact) mass is 181 g/mol. The summed E-state index contributed by atoms with van der Waals surface area (Å²) in [4.78, 5) is 14.6. The van der Waals surface area contributed by atoms with Crippen LogP contribution in [0.15, 0.2) is 12.3 Å². The first-order valence-electron chi connectivity index (χ1n) is 4.19. The average molecular weight is 181 g/mol. The third kappa shape index (κ3) is 1.91. The summed E-state index contributed by atoms with van der Waals surface area (Å²) in [5.74, 6) is -0.744. The van der Waals surface area contributed by atoms with Gasteiger partial charge in [0.2, 0.25) is 0 Å². The molecule has 1 aromatic rings. The summed E-state index contributed by atoms with van der Waals surface area (Å²) in [6.45, 7) is 5.07. The third-order valence-electron chi connectivity index (χ3n) is 1.87. The Hall–Kier alpha value is -1.25. The SMILES string of the molecule is CC(=O)c1nccc(C(C)C)c1F. The summed E-state index contributed by atoms with van der Waals surface area (Å²) in [6, 6.07) is 1.60. The minimum atomic E-state index is -0.481. The maximum atomic E-state index is 13.5. The van der Waals surface area contributed by atoms with E-state index in [4.69, 9.17) is 0 Å². The fraction of sp³-hybridized carbons (Fsp3) is 0.400. The largest absolute Gasteiger partial charge is 0.293 e. The lowest BCUT2D eigenvalue weighted by atomic mass is 10.0. The average Bonchev–Trinajstić information content (AvgIpc) is 2.03. The Balaban J connectivity index is 3.26. The Morgan fingerprint density at radius 3 is 2.62 bits per heavy atom. The fourth-order valence-corrected chi connectivity index (χ4v) is 1.15. The van der Waals surface area contributed by atoms with Gasteiger partial charge in [0.1, 0.15) is 5.69 Å². The summed E-state index contributed by atoms with van der Waals surface area (Å²) in [5.41, 5.74) is 0.478. The minimum Gasteiger partial charge on any atom is -0.293 e. The molecule has 0 radical (unpaired) electrons. The zero-order valence-electron chi connectivity index (χ0n) is 7.97. The number of carbonyl (C=O) groups excluding carboxylic acids is 1. The summed E-state index contributed by atoms with van der Waals surface area (Å²) >= 11 is 0. The molecule has 1 rings (SSSR count). The van der Waals surface area contributed by atoms with Gasteiger partial charge in [0.25, 0.3) is 0 Å². The fourth-order valence-electron chi connectivity index (χ4n) is 1.15. The molecule has 0 aliphatic carbocycles. The van der Waals surface area contributed by atoms with Crippen molar-refractivity contribution < 1.29 is 9.18 Å². The molecule has 0 aromatic carbocycles. The van der Waals surface area contributed by atoms with Gasteiger partial charge in [-0.15, -0.1) is 0 Å². The van der Waals surface area contributed by atoms with E-state index in [0.717, 1.165) is 0 Å². The molecule has 0 bridgehead atoms. The first-order chi connectivity index (χ1) is 6.04. The normalized spacial score (nSPS) is 10.5. The number of Topliss-reactive ketones (excluding diaryl/α,β-unsaturated/α-hetero) is 1. The van der Waals surface area contributed by atoms with Gasteiger partial charge in [-0.25, -0.2) is 4.39 Å². The smallest absolute Gasteiger partial charge is 0.181 e. The van der Waals surface area contributed by atoms with Gasteiger partial charge < -0.3 is 0 Å². The zero-order chi connectivity index (χ0) is 10.0. The highest BCUT2D eigenvalue weighted by Gasteiger charge is 2.14. The molecule has 0 aliphatic heterocycles. The van der Waals surface area contributed by atoms with Crippen LogP contribution in [0.4, 0.5) is 4.39 Å². The maximum absolute atomic E-state index is 13.5. The van der Waals surface area contributed by atoms with Gasteiger partial charge >= 0.3 is 0 Å². The number of hydrogen-bond acceptors (Lipinski definition) is 2. The Morgan fingerprint density at radius 2 is 2.15 bits per heavy atom. The Morgan fingerprint density at radius 1 is 1.54 bits per heavy atom. The molecule has 2 nitrogen and oxygen atoms in total. The lowest BCUT2D eigenvalue weighted by Gasteiger charge is -2.07. The number of halogens is 1.